The number of hydrogen-bond acceptors (Lipinski definition) is 5. The molecule has 1 aromatic heterocycles. The normalized spacial score (nSPS) is 19.5. The van der Waals surface area contributed by atoms with Gasteiger partial charge in [0.05, 0.1) is 18.1 Å². The van der Waals surface area contributed by atoms with Crippen molar-refractivity contribution in [1.29, 1.82) is 0 Å². The molecule has 2 heterocycles. The molecule has 1 saturated heterocycles. The van der Waals surface area contributed by atoms with Gasteiger partial charge in [-0.3, -0.25) is 9.59 Å². The van der Waals surface area contributed by atoms with Gasteiger partial charge in [0.2, 0.25) is 5.91 Å². The first-order valence-electron chi connectivity index (χ1n) is 6.30. The highest BCUT2D eigenvalue weighted by Gasteiger charge is 2.30. The zero-order chi connectivity index (χ0) is 13.8. The highest BCUT2D eigenvalue weighted by Crippen LogP contribution is 2.25. The third-order valence-electron chi connectivity index (χ3n) is 2.92. The fraction of sp³-hybridized carbons (Fsp3) is 0.538. The average Bonchev–Trinajstić information content (AvgIpc) is 2.86. The zero-order valence-corrected chi connectivity index (χ0v) is 11.9. The fourth-order valence-corrected chi connectivity index (χ4v) is 2.77. The van der Waals surface area contributed by atoms with Crippen molar-refractivity contribution in [3.63, 3.8) is 0 Å². The average molecular weight is 282 g/mol. The van der Waals surface area contributed by atoms with Gasteiger partial charge in [-0.2, -0.15) is 0 Å². The first kappa shape index (κ1) is 14.0. The lowest BCUT2D eigenvalue weighted by Gasteiger charge is -2.36. The van der Waals surface area contributed by atoms with Gasteiger partial charge in [0.1, 0.15) is 6.04 Å². The quantitative estimate of drug-likeness (QED) is 0.846. The van der Waals surface area contributed by atoms with Crippen LogP contribution in [0.4, 0.5) is 5.69 Å². The number of thiophene rings is 1. The van der Waals surface area contributed by atoms with Crippen LogP contribution in [0.15, 0.2) is 11.4 Å². The molecule has 19 heavy (non-hydrogen) atoms. The number of nitrogens with zero attached hydrogens (tertiary/aromatic N) is 1. The first-order valence-corrected chi connectivity index (χ1v) is 7.18. The molecule has 1 aliphatic rings. The Labute approximate surface area is 116 Å². The molecule has 0 aliphatic carbocycles. The number of carbonyl (C=O) groups excluding carboxylic acids is 2. The molecule has 1 atom stereocenters. The second kappa shape index (κ2) is 6.16. The first-order chi connectivity index (χ1) is 9.11. The standard InChI is InChI=1S/C13H18N2O3S/c1-9(2)14-13(17)12-7-18-4-3-15(12)10-5-11(6-16)19-8-10/h5-6,8-9,12H,3-4,7H2,1-2H3,(H,14,17). The Kier molecular flexibility index (Phi) is 4.55. The number of ether oxygens (including phenoxy) is 1. The zero-order valence-electron chi connectivity index (χ0n) is 11.1. The van der Waals surface area contributed by atoms with Gasteiger partial charge in [-0.05, 0) is 19.9 Å². The Bertz CT molecular complexity index is 458. The minimum atomic E-state index is -0.328. The summed E-state index contributed by atoms with van der Waals surface area (Å²) in [5.41, 5.74) is 0.916. The van der Waals surface area contributed by atoms with Gasteiger partial charge in [-0.25, -0.2) is 0 Å². The summed E-state index contributed by atoms with van der Waals surface area (Å²) >= 11 is 1.39. The molecule has 1 fully saturated rings. The number of hydrogen-bond donors (Lipinski definition) is 1. The lowest BCUT2D eigenvalue weighted by atomic mass is 10.2. The van der Waals surface area contributed by atoms with Gasteiger partial charge in [-0.15, -0.1) is 11.3 Å². The topological polar surface area (TPSA) is 58.6 Å². The number of aldehydes is 1. The summed E-state index contributed by atoms with van der Waals surface area (Å²) < 4.78 is 5.40. The molecule has 1 N–H and O–H groups in total. The summed E-state index contributed by atoms with van der Waals surface area (Å²) in [5, 5.41) is 4.81. The largest absolute Gasteiger partial charge is 0.377 e. The maximum atomic E-state index is 12.2. The van der Waals surface area contributed by atoms with Gasteiger partial charge < -0.3 is 15.0 Å². The van der Waals surface area contributed by atoms with Crippen molar-refractivity contribution < 1.29 is 14.3 Å². The van der Waals surface area contributed by atoms with Crippen molar-refractivity contribution in [3.8, 4) is 0 Å². The summed E-state index contributed by atoms with van der Waals surface area (Å²) in [6.07, 6.45) is 0.831. The molecule has 1 aliphatic heterocycles. The van der Waals surface area contributed by atoms with E-state index in [9.17, 15) is 9.59 Å². The number of carbonyl (C=O) groups is 2. The molecule has 1 unspecified atom stereocenters. The summed E-state index contributed by atoms with van der Waals surface area (Å²) in [5.74, 6) is -0.0337. The van der Waals surface area contributed by atoms with E-state index in [0.29, 0.717) is 24.6 Å². The summed E-state index contributed by atoms with van der Waals surface area (Å²) in [6.45, 7) is 5.50. The SMILES string of the molecule is CC(C)NC(=O)C1COCCN1c1csc(C=O)c1. The molecule has 6 heteroatoms. The van der Waals surface area contributed by atoms with E-state index in [1.54, 1.807) is 0 Å². The summed E-state index contributed by atoms with van der Waals surface area (Å²) in [7, 11) is 0. The predicted molar refractivity (Wildman–Crippen MR) is 74.9 cm³/mol. The lowest BCUT2D eigenvalue weighted by molar-refractivity contribution is -0.125. The third kappa shape index (κ3) is 3.33. The Balaban J connectivity index is 2.15. The highest BCUT2D eigenvalue weighted by atomic mass is 32.1. The van der Waals surface area contributed by atoms with Gasteiger partial charge in [-0.1, -0.05) is 0 Å². The Hall–Kier alpha value is -1.40. The Morgan fingerprint density at radius 2 is 2.42 bits per heavy atom. The fourth-order valence-electron chi connectivity index (χ4n) is 2.07. The van der Waals surface area contributed by atoms with Crippen molar-refractivity contribution in [3.05, 3.63) is 16.3 Å². The van der Waals surface area contributed by atoms with Crippen LogP contribution in [0, 0.1) is 0 Å². The predicted octanol–water partition coefficient (Wildman–Crippen LogP) is 1.29. The summed E-state index contributed by atoms with van der Waals surface area (Å²) in [6, 6.07) is 1.59. The van der Waals surface area contributed by atoms with Crippen LogP contribution in [0.1, 0.15) is 23.5 Å². The number of anilines is 1. The number of amides is 1. The van der Waals surface area contributed by atoms with Crippen molar-refractivity contribution in [1.82, 2.24) is 5.32 Å². The number of rotatable bonds is 4. The van der Waals surface area contributed by atoms with Gasteiger partial charge in [0, 0.05) is 23.7 Å². The van der Waals surface area contributed by atoms with Gasteiger partial charge in [0.25, 0.3) is 0 Å². The lowest BCUT2D eigenvalue weighted by Crippen LogP contribution is -2.55. The van der Waals surface area contributed by atoms with Crippen LogP contribution in [-0.4, -0.2) is 44.0 Å². The molecule has 0 aromatic carbocycles. The third-order valence-corrected chi connectivity index (χ3v) is 3.76. The van der Waals surface area contributed by atoms with Crippen LogP contribution >= 0.6 is 11.3 Å². The molecule has 0 saturated carbocycles. The monoisotopic (exact) mass is 282 g/mol. The minimum absolute atomic E-state index is 0.0337. The molecule has 5 nitrogen and oxygen atoms in total. The highest BCUT2D eigenvalue weighted by molar-refractivity contribution is 7.12. The van der Waals surface area contributed by atoms with E-state index in [2.05, 4.69) is 5.32 Å². The van der Waals surface area contributed by atoms with E-state index >= 15 is 0 Å². The summed E-state index contributed by atoms with van der Waals surface area (Å²) in [4.78, 5) is 25.6. The number of nitrogens with one attached hydrogen (secondary N) is 1. The van der Waals surface area contributed by atoms with E-state index in [-0.39, 0.29) is 18.0 Å². The molecule has 2 rings (SSSR count). The molecule has 0 radical (unpaired) electrons. The maximum Gasteiger partial charge on any atom is 0.245 e. The van der Waals surface area contributed by atoms with Crippen LogP contribution in [0.25, 0.3) is 0 Å². The number of morpholine rings is 1. The molecule has 0 spiro atoms. The van der Waals surface area contributed by atoms with E-state index in [0.717, 1.165) is 12.0 Å². The molecular formula is C13H18N2O3S. The van der Waals surface area contributed by atoms with Gasteiger partial charge in [0.15, 0.2) is 6.29 Å². The van der Waals surface area contributed by atoms with Crippen molar-refractivity contribution in [2.75, 3.05) is 24.7 Å². The van der Waals surface area contributed by atoms with E-state index in [4.69, 9.17) is 4.74 Å². The Morgan fingerprint density at radius 3 is 3.05 bits per heavy atom. The van der Waals surface area contributed by atoms with Gasteiger partial charge >= 0.3 is 0 Å². The van der Waals surface area contributed by atoms with E-state index in [1.165, 1.54) is 11.3 Å². The molecule has 1 aromatic rings. The van der Waals surface area contributed by atoms with Crippen LogP contribution in [-0.2, 0) is 9.53 Å². The molecule has 1 amide bonds. The molecular weight excluding hydrogens is 264 g/mol. The van der Waals surface area contributed by atoms with Crippen LogP contribution < -0.4 is 10.2 Å². The van der Waals surface area contributed by atoms with E-state index < -0.39 is 0 Å². The second-order valence-corrected chi connectivity index (χ2v) is 5.72. The van der Waals surface area contributed by atoms with Crippen molar-refractivity contribution in [2.24, 2.45) is 0 Å². The van der Waals surface area contributed by atoms with Crippen LogP contribution in [0.2, 0.25) is 0 Å². The maximum absolute atomic E-state index is 12.2. The van der Waals surface area contributed by atoms with Crippen molar-refractivity contribution in [2.45, 2.75) is 25.9 Å². The van der Waals surface area contributed by atoms with Crippen molar-refractivity contribution >= 4 is 29.2 Å². The van der Waals surface area contributed by atoms with Crippen LogP contribution in [0.5, 0.6) is 0 Å². The smallest absolute Gasteiger partial charge is 0.245 e. The van der Waals surface area contributed by atoms with E-state index in [1.807, 2.05) is 30.2 Å². The molecule has 104 valence electrons. The minimum Gasteiger partial charge on any atom is -0.377 e. The Morgan fingerprint density at radius 1 is 1.63 bits per heavy atom. The molecule has 0 bridgehead atoms. The second-order valence-electron chi connectivity index (χ2n) is 4.77. The van der Waals surface area contributed by atoms with Crippen LogP contribution in [0.3, 0.4) is 0 Å².